The van der Waals surface area contributed by atoms with Gasteiger partial charge in [-0.25, -0.2) is 4.99 Å². The van der Waals surface area contributed by atoms with Crippen LogP contribution in [-0.2, 0) is 11.3 Å². The van der Waals surface area contributed by atoms with E-state index >= 15 is 0 Å². The van der Waals surface area contributed by atoms with Gasteiger partial charge in [-0.05, 0) is 38.5 Å². The average Bonchev–Trinajstić information content (AvgIpc) is 2.55. The summed E-state index contributed by atoms with van der Waals surface area (Å²) in [6.07, 6.45) is 0. The topological polar surface area (TPSA) is 80.0 Å². The van der Waals surface area contributed by atoms with E-state index in [-0.39, 0.29) is 41.5 Å². The summed E-state index contributed by atoms with van der Waals surface area (Å²) in [7, 11) is 0. The Morgan fingerprint density at radius 2 is 2.04 bits per heavy atom. The van der Waals surface area contributed by atoms with E-state index in [9.17, 15) is 4.79 Å². The van der Waals surface area contributed by atoms with Crippen LogP contribution in [0.3, 0.4) is 0 Å². The lowest BCUT2D eigenvalue weighted by atomic mass is 9.65. The summed E-state index contributed by atoms with van der Waals surface area (Å²) in [6, 6.07) is 7.59. The Morgan fingerprint density at radius 3 is 2.58 bits per heavy atom. The van der Waals surface area contributed by atoms with E-state index < -0.39 is 5.91 Å². The molecular formula is C19H31IN4O2. The van der Waals surface area contributed by atoms with Crippen LogP contribution in [0.25, 0.3) is 0 Å². The van der Waals surface area contributed by atoms with Gasteiger partial charge in [-0.15, -0.1) is 24.0 Å². The zero-order valence-corrected chi connectivity index (χ0v) is 18.7. The second kappa shape index (κ2) is 8.92. The van der Waals surface area contributed by atoms with Crippen LogP contribution in [-0.4, -0.2) is 42.0 Å². The van der Waals surface area contributed by atoms with Crippen molar-refractivity contribution in [3.8, 4) is 5.75 Å². The molecule has 0 aromatic heterocycles. The van der Waals surface area contributed by atoms with Crippen LogP contribution in [0, 0.1) is 5.41 Å². The molecule has 0 spiro atoms. The van der Waals surface area contributed by atoms with Gasteiger partial charge in [0.05, 0.1) is 6.54 Å². The molecule has 0 saturated carbocycles. The van der Waals surface area contributed by atoms with Crippen molar-refractivity contribution in [3.63, 3.8) is 0 Å². The average molecular weight is 474 g/mol. The van der Waals surface area contributed by atoms with Gasteiger partial charge in [0.1, 0.15) is 5.75 Å². The first-order valence-electron chi connectivity index (χ1n) is 8.73. The molecule has 2 rings (SSSR count). The van der Waals surface area contributed by atoms with Crippen LogP contribution < -0.4 is 15.8 Å². The number of primary amides is 1. The molecule has 0 unspecified atom stereocenters. The smallest absolute Gasteiger partial charge is 0.255 e. The molecule has 1 saturated heterocycles. The summed E-state index contributed by atoms with van der Waals surface area (Å²) in [5.41, 5.74) is 6.45. The lowest BCUT2D eigenvalue weighted by molar-refractivity contribution is -0.119. The number of nitrogens with one attached hydrogen (secondary N) is 1. The summed E-state index contributed by atoms with van der Waals surface area (Å²) in [6.45, 7) is 13.4. The second-order valence-corrected chi connectivity index (χ2v) is 7.60. The van der Waals surface area contributed by atoms with Crippen LogP contribution in [0.2, 0.25) is 0 Å². The molecular weight excluding hydrogens is 443 g/mol. The van der Waals surface area contributed by atoms with Crippen molar-refractivity contribution in [2.24, 2.45) is 16.1 Å². The van der Waals surface area contributed by atoms with E-state index in [2.05, 4.69) is 44.8 Å². The highest BCUT2D eigenvalue weighted by Gasteiger charge is 2.53. The summed E-state index contributed by atoms with van der Waals surface area (Å²) in [5.74, 6) is 1.07. The van der Waals surface area contributed by atoms with Crippen LogP contribution >= 0.6 is 24.0 Å². The number of halogens is 1. The Labute approximate surface area is 173 Å². The minimum Gasteiger partial charge on any atom is -0.484 e. The minimum absolute atomic E-state index is 0. The highest BCUT2D eigenvalue weighted by atomic mass is 127. The van der Waals surface area contributed by atoms with Gasteiger partial charge in [0.15, 0.2) is 12.6 Å². The van der Waals surface area contributed by atoms with Gasteiger partial charge in [-0.3, -0.25) is 4.79 Å². The number of carbonyl (C=O) groups excluding carboxylic acids is 1. The molecule has 26 heavy (non-hydrogen) atoms. The lowest BCUT2D eigenvalue weighted by Gasteiger charge is -2.62. The monoisotopic (exact) mass is 474 g/mol. The Hall–Kier alpha value is -1.51. The Balaban J connectivity index is 0.00000338. The number of hydrogen-bond donors (Lipinski definition) is 2. The Morgan fingerprint density at radius 1 is 1.35 bits per heavy atom. The van der Waals surface area contributed by atoms with Crippen LogP contribution in [0.4, 0.5) is 0 Å². The highest BCUT2D eigenvalue weighted by Crippen LogP contribution is 2.46. The molecule has 3 N–H and O–H groups in total. The van der Waals surface area contributed by atoms with E-state index in [0.29, 0.717) is 12.3 Å². The number of ether oxygens (including phenoxy) is 1. The SMILES string of the molecule is CCNC(=NCc1cccc(OCC(N)=O)c1)N1CC(C)(C)C1(C)C.I. The van der Waals surface area contributed by atoms with Crippen molar-refractivity contribution < 1.29 is 9.53 Å². The third-order valence-electron chi connectivity index (χ3n) is 5.17. The molecule has 0 radical (unpaired) electrons. The van der Waals surface area contributed by atoms with Gasteiger partial charge in [0.25, 0.3) is 5.91 Å². The number of guanidine groups is 1. The number of likely N-dealkylation sites (tertiary alicyclic amines) is 1. The molecule has 1 fully saturated rings. The molecule has 6 nitrogen and oxygen atoms in total. The number of carbonyl (C=O) groups is 1. The first-order valence-corrected chi connectivity index (χ1v) is 8.73. The fourth-order valence-corrected chi connectivity index (χ4v) is 2.85. The van der Waals surface area contributed by atoms with Gasteiger partial charge in [0, 0.05) is 24.0 Å². The molecule has 1 aromatic carbocycles. The summed E-state index contributed by atoms with van der Waals surface area (Å²) < 4.78 is 5.35. The van der Waals surface area contributed by atoms with Gasteiger partial charge in [-0.2, -0.15) is 0 Å². The van der Waals surface area contributed by atoms with E-state index in [1.54, 1.807) is 0 Å². The van der Waals surface area contributed by atoms with Crippen LogP contribution in [0.1, 0.15) is 40.2 Å². The van der Waals surface area contributed by atoms with Crippen LogP contribution in [0.15, 0.2) is 29.3 Å². The molecule has 0 atom stereocenters. The van der Waals surface area contributed by atoms with Crippen molar-refractivity contribution in [3.05, 3.63) is 29.8 Å². The van der Waals surface area contributed by atoms with E-state index in [1.807, 2.05) is 24.3 Å². The second-order valence-electron chi connectivity index (χ2n) is 7.60. The molecule has 146 valence electrons. The first-order chi connectivity index (χ1) is 11.7. The van der Waals surface area contributed by atoms with Gasteiger partial charge in [-0.1, -0.05) is 26.0 Å². The number of amides is 1. The number of rotatable bonds is 6. The predicted octanol–water partition coefficient (Wildman–Crippen LogP) is 2.75. The van der Waals surface area contributed by atoms with Crippen LogP contribution in [0.5, 0.6) is 5.75 Å². The number of nitrogens with zero attached hydrogens (tertiary/aromatic N) is 2. The Bertz CT molecular complexity index is 659. The number of nitrogens with two attached hydrogens (primary N) is 1. The van der Waals surface area contributed by atoms with Gasteiger partial charge < -0.3 is 20.7 Å². The summed E-state index contributed by atoms with van der Waals surface area (Å²) in [4.78, 5) is 17.9. The van der Waals surface area contributed by atoms with Crippen molar-refractivity contribution in [1.29, 1.82) is 0 Å². The zero-order valence-electron chi connectivity index (χ0n) is 16.3. The molecule has 0 aliphatic carbocycles. The van der Waals surface area contributed by atoms with E-state index in [0.717, 1.165) is 24.6 Å². The third-order valence-corrected chi connectivity index (χ3v) is 5.17. The van der Waals surface area contributed by atoms with Gasteiger partial charge >= 0.3 is 0 Å². The maximum absolute atomic E-state index is 10.8. The van der Waals surface area contributed by atoms with Crippen molar-refractivity contribution in [2.75, 3.05) is 19.7 Å². The number of aliphatic imine (C=N–C) groups is 1. The standard InChI is InChI=1S/C19H30N4O2.HI/c1-6-21-17(23-13-18(2,3)19(23,4)5)22-11-14-8-7-9-15(10-14)25-12-16(20)24;/h7-10H,6,11-13H2,1-5H3,(H2,20,24)(H,21,22);1H. The lowest BCUT2D eigenvalue weighted by Crippen LogP contribution is -2.72. The van der Waals surface area contributed by atoms with Crippen molar-refractivity contribution in [1.82, 2.24) is 10.2 Å². The quantitative estimate of drug-likeness (QED) is 0.378. The number of benzene rings is 1. The number of hydrogen-bond acceptors (Lipinski definition) is 3. The minimum atomic E-state index is -0.486. The molecule has 1 aromatic rings. The zero-order chi connectivity index (χ0) is 18.7. The van der Waals surface area contributed by atoms with Crippen molar-refractivity contribution >= 4 is 35.8 Å². The summed E-state index contributed by atoms with van der Waals surface area (Å²) >= 11 is 0. The highest BCUT2D eigenvalue weighted by molar-refractivity contribution is 14.0. The fourth-order valence-electron chi connectivity index (χ4n) is 2.85. The maximum Gasteiger partial charge on any atom is 0.255 e. The van der Waals surface area contributed by atoms with Crippen molar-refractivity contribution in [2.45, 2.75) is 46.7 Å². The predicted molar refractivity (Wildman–Crippen MR) is 116 cm³/mol. The third kappa shape index (κ3) is 5.02. The molecule has 1 aliphatic rings. The Kier molecular flexibility index (Phi) is 7.73. The largest absolute Gasteiger partial charge is 0.484 e. The fraction of sp³-hybridized carbons (Fsp3) is 0.579. The molecule has 1 aliphatic heterocycles. The molecule has 7 heteroatoms. The van der Waals surface area contributed by atoms with E-state index in [1.165, 1.54) is 0 Å². The molecule has 1 heterocycles. The first kappa shape index (κ1) is 22.5. The van der Waals surface area contributed by atoms with Gasteiger partial charge in [0.2, 0.25) is 0 Å². The van der Waals surface area contributed by atoms with E-state index in [4.69, 9.17) is 15.5 Å². The summed E-state index contributed by atoms with van der Waals surface area (Å²) in [5, 5.41) is 3.39. The maximum atomic E-state index is 10.8. The molecule has 0 bridgehead atoms. The molecule has 1 amide bonds. The normalized spacial score (nSPS) is 17.7.